The van der Waals surface area contributed by atoms with E-state index in [-0.39, 0.29) is 10.3 Å². The maximum absolute atomic E-state index is 12.8. The van der Waals surface area contributed by atoms with Crippen molar-refractivity contribution in [3.05, 3.63) is 64.1 Å². The van der Waals surface area contributed by atoms with Crippen LogP contribution >= 0.6 is 35.0 Å². The molecule has 0 radical (unpaired) electrons. The molecule has 0 aliphatic carbocycles. The summed E-state index contributed by atoms with van der Waals surface area (Å²) >= 11 is 13.4. The summed E-state index contributed by atoms with van der Waals surface area (Å²) in [7, 11) is -3.54. The van der Waals surface area contributed by atoms with E-state index in [1.54, 1.807) is 48.2 Å². The first-order valence-corrected chi connectivity index (χ1v) is 9.87. The Hall–Kier alpha value is -0.720. The third kappa shape index (κ3) is 3.14. The van der Waals surface area contributed by atoms with E-state index in [1.165, 1.54) is 4.31 Å². The molecule has 0 spiro atoms. The number of nitrogens with zero attached hydrogens (tertiary/aromatic N) is 1. The molecule has 1 unspecified atom stereocenters. The van der Waals surface area contributed by atoms with Gasteiger partial charge in [0, 0.05) is 22.3 Å². The van der Waals surface area contributed by atoms with Gasteiger partial charge in [-0.1, -0.05) is 35.3 Å². The van der Waals surface area contributed by atoms with Crippen molar-refractivity contribution in [1.82, 2.24) is 4.31 Å². The first-order valence-electron chi connectivity index (χ1n) is 6.63. The lowest BCUT2D eigenvalue weighted by Gasteiger charge is -2.23. The van der Waals surface area contributed by atoms with Gasteiger partial charge in [-0.2, -0.15) is 4.31 Å². The van der Waals surface area contributed by atoms with Gasteiger partial charge in [0.2, 0.25) is 10.0 Å². The van der Waals surface area contributed by atoms with Crippen molar-refractivity contribution in [3.8, 4) is 0 Å². The molecular formula is C15H13Cl2NO2S2. The fourth-order valence-electron chi connectivity index (χ4n) is 2.33. The average Bonchev–Trinajstić information content (AvgIpc) is 2.99. The van der Waals surface area contributed by atoms with Crippen LogP contribution in [-0.2, 0) is 10.0 Å². The van der Waals surface area contributed by atoms with E-state index in [2.05, 4.69) is 0 Å². The molecule has 0 amide bonds. The second-order valence-electron chi connectivity index (χ2n) is 4.84. The number of rotatable bonds is 3. The molecule has 0 N–H and O–H groups in total. The van der Waals surface area contributed by atoms with Crippen LogP contribution in [0.15, 0.2) is 53.4 Å². The number of hydrogen-bond acceptors (Lipinski definition) is 3. The maximum Gasteiger partial charge on any atom is 0.244 e. The summed E-state index contributed by atoms with van der Waals surface area (Å²) in [5.41, 5.74) is 0.935. The largest absolute Gasteiger partial charge is 0.244 e. The first-order chi connectivity index (χ1) is 10.5. The summed E-state index contributed by atoms with van der Waals surface area (Å²) in [6.45, 7) is 0.489. The SMILES string of the molecule is O=S(=O)(c1ccc(Cl)cc1)N1CCSC1c1ccc(Cl)cc1. The van der Waals surface area contributed by atoms with E-state index in [9.17, 15) is 8.42 Å². The second-order valence-corrected chi connectivity index (χ2v) is 8.80. The molecule has 22 heavy (non-hydrogen) atoms. The molecular weight excluding hydrogens is 361 g/mol. The van der Waals surface area contributed by atoms with Crippen LogP contribution < -0.4 is 0 Å². The lowest BCUT2D eigenvalue weighted by molar-refractivity contribution is 0.434. The predicted molar refractivity (Wildman–Crippen MR) is 92.0 cm³/mol. The summed E-state index contributed by atoms with van der Waals surface area (Å²) < 4.78 is 27.2. The van der Waals surface area contributed by atoms with Gasteiger partial charge in [0.05, 0.1) is 10.3 Å². The van der Waals surface area contributed by atoms with E-state index in [0.29, 0.717) is 16.6 Å². The van der Waals surface area contributed by atoms with Crippen LogP contribution in [0.5, 0.6) is 0 Å². The summed E-state index contributed by atoms with van der Waals surface area (Å²) in [4.78, 5) is 0.262. The molecule has 2 aromatic rings. The predicted octanol–water partition coefficient (Wildman–Crippen LogP) is 4.43. The van der Waals surface area contributed by atoms with Gasteiger partial charge in [0.1, 0.15) is 0 Å². The number of hydrogen-bond donors (Lipinski definition) is 0. The molecule has 1 aliphatic rings. The maximum atomic E-state index is 12.8. The molecule has 116 valence electrons. The monoisotopic (exact) mass is 373 g/mol. The van der Waals surface area contributed by atoms with Crippen molar-refractivity contribution in [2.45, 2.75) is 10.3 Å². The quantitative estimate of drug-likeness (QED) is 0.798. The minimum atomic E-state index is -3.54. The minimum absolute atomic E-state index is 0.224. The highest BCUT2D eigenvalue weighted by Gasteiger charge is 2.36. The normalized spacial score (nSPS) is 19.5. The Morgan fingerprint density at radius 3 is 2.09 bits per heavy atom. The highest BCUT2D eigenvalue weighted by molar-refractivity contribution is 8.01. The zero-order valence-electron chi connectivity index (χ0n) is 11.4. The Morgan fingerprint density at radius 2 is 1.50 bits per heavy atom. The molecule has 2 aromatic carbocycles. The van der Waals surface area contributed by atoms with Crippen LogP contribution in [0.25, 0.3) is 0 Å². The van der Waals surface area contributed by atoms with Crippen LogP contribution in [0.3, 0.4) is 0 Å². The van der Waals surface area contributed by atoms with Crippen molar-refractivity contribution >= 4 is 45.0 Å². The Labute approximate surface area is 144 Å². The van der Waals surface area contributed by atoms with Gasteiger partial charge in [0.15, 0.2) is 0 Å². The van der Waals surface area contributed by atoms with Crippen molar-refractivity contribution in [2.75, 3.05) is 12.3 Å². The standard InChI is InChI=1S/C15H13Cl2NO2S2/c16-12-3-1-11(2-4-12)15-18(9-10-21-15)22(19,20)14-7-5-13(17)6-8-14/h1-8,15H,9-10H2. The van der Waals surface area contributed by atoms with Crippen molar-refractivity contribution in [3.63, 3.8) is 0 Å². The Bertz CT molecular complexity index is 761. The number of thioether (sulfide) groups is 1. The average molecular weight is 374 g/mol. The topological polar surface area (TPSA) is 37.4 Å². The fraction of sp³-hybridized carbons (Fsp3) is 0.200. The molecule has 1 aliphatic heterocycles. The molecule has 7 heteroatoms. The van der Waals surface area contributed by atoms with E-state index in [0.717, 1.165) is 11.3 Å². The molecule has 0 aromatic heterocycles. The summed E-state index contributed by atoms with van der Waals surface area (Å²) in [5.74, 6) is 0.764. The van der Waals surface area contributed by atoms with Gasteiger partial charge in [-0.05, 0) is 42.0 Å². The minimum Gasteiger partial charge on any atom is -0.207 e. The summed E-state index contributed by atoms with van der Waals surface area (Å²) in [6, 6.07) is 13.6. The first kappa shape index (κ1) is 16.1. The second kappa shape index (κ2) is 6.42. The Morgan fingerprint density at radius 1 is 0.955 bits per heavy atom. The van der Waals surface area contributed by atoms with Crippen molar-refractivity contribution < 1.29 is 8.42 Å². The molecule has 0 bridgehead atoms. The van der Waals surface area contributed by atoms with Crippen LogP contribution in [0, 0.1) is 0 Å². The van der Waals surface area contributed by atoms with Gasteiger partial charge in [-0.15, -0.1) is 11.8 Å². The van der Waals surface area contributed by atoms with Gasteiger partial charge in [-0.3, -0.25) is 0 Å². The van der Waals surface area contributed by atoms with Gasteiger partial charge in [0.25, 0.3) is 0 Å². The lowest BCUT2D eigenvalue weighted by atomic mass is 10.2. The molecule has 0 saturated carbocycles. The van der Waals surface area contributed by atoms with Crippen LogP contribution in [-0.4, -0.2) is 25.0 Å². The van der Waals surface area contributed by atoms with Gasteiger partial charge < -0.3 is 0 Å². The summed E-state index contributed by atoms with van der Waals surface area (Å²) in [6.07, 6.45) is 0. The van der Waals surface area contributed by atoms with Crippen molar-refractivity contribution in [1.29, 1.82) is 0 Å². The van der Waals surface area contributed by atoms with Crippen LogP contribution in [0.2, 0.25) is 10.0 Å². The Kier molecular flexibility index (Phi) is 4.71. The van der Waals surface area contributed by atoms with E-state index >= 15 is 0 Å². The van der Waals surface area contributed by atoms with Crippen molar-refractivity contribution in [2.24, 2.45) is 0 Å². The fourth-order valence-corrected chi connectivity index (χ4v) is 5.83. The molecule has 3 nitrogen and oxygen atoms in total. The van der Waals surface area contributed by atoms with E-state index in [1.807, 2.05) is 12.1 Å². The molecule has 1 saturated heterocycles. The van der Waals surface area contributed by atoms with Gasteiger partial charge in [-0.25, -0.2) is 8.42 Å². The van der Waals surface area contributed by atoms with Gasteiger partial charge >= 0.3 is 0 Å². The summed E-state index contributed by atoms with van der Waals surface area (Å²) in [5, 5.41) is 0.931. The molecule has 1 heterocycles. The zero-order chi connectivity index (χ0) is 15.7. The highest BCUT2D eigenvalue weighted by atomic mass is 35.5. The van der Waals surface area contributed by atoms with Crippen LogP contribution in [0.4, 0.5) is 0 Å². The molecule has 3 rings (SSSR count). The zero-order valence-corrected chi connectivity index (χ0v) is 14.6. The van der Waals surface area contributed by atoms with E-state index < -0.39 is 10.0 Å². The number of halogens is 2. The molecule has 1 atom stereocenters. The third-order valence-electron chi connectivity index (χ3n) is 3.42. The lowest BCUT2D eigenvalue weighted by Crippen LogP contribution is -2.30. The molecule has 1 fully saturated rings. The number of benzene rings is 2. The Balaban J connectivity index is 1.95. The smallest absolute Gasteiger partial charge is 0.207 e. The third-order valence-corrected chi connectivity index (χ3v) is 7.20. The number of sulfonamides is 1. The highest BCUT2D eigenvalue weighted by Crippen LogP contribution is 2.41. The van der Waals surface area contributed by atoms with E-state index in [4.69, 9.17) is 23.2 Å². The van der Waals surface area contributed by atoms with Crippen LogP contribution in [0.1, 0.15) is 10.9 Å².